The molecule has 0 saturated heterocycles. The lowest BCUT2D eigenvalue weighted by Crippen LogP contribution is -2.28. The highest BCUT2D eigenvalue weighted by Gasteiger charge is 2.35. The van der Waals surface area contributed by atoms with Gasteiger partial charge in [0.15, 0.2) is 0 Å². The zero-order valence-corrected chi connectivity index (χ0v) is 11.5. The first kappa shape index (κ1) is 11.5. The van der Waals surface area contributed by atoms with Gasteiger partial charge in [-0.15, -0.1) is 0 Å². The minimum Gasteiger partial charge on any atom is -0.478 e. The van der Waals surface area contributed by atoms with Gasteiger partial charge in [0.05, 0.1) is 10.4 Å². The summed E-state index contributed by atoms with van der Waals surface area (Å²) in [7, 11) is 0. The van der Waals surface area contributed by atoms with Gasteiger partial charge in [-0.1, -0.05) is 53.9 Å². The van der Waals surface area contributed by atoms with Gasteiger partial charge >= 0.3 is 5.97 Å². The van der Waals surface area contributed by atoms with Crippen LogP contribution in [0, 0.1) is 0 Å². The second kappa shape index (κ2) is 3.87. The average molecular weight is 375 g/mol. The second-order valence-corrected chi connectivity index (χ2v) is 7.38. The van der Waals surface area contributed by atoms with E-state index in [1.54, 1.807) is 19.1 Å². The number of hydrogen-bond donors (Lipinski definition) is 1. The maximum atomic E-state index is 10.8. The van der Waals surface area contributed by atoms with Crippen LogP contribution in [0.15, 0.2) is 23.3 Å². The fraction of sp³-hybridized carbons (Fsp3) is 0.375. The van der Waals surface area contributed by atoms with E-state index >= 15 is 0 Å². The molecular weight excluding hydrogens is 368 g/mol. The van der Waals surface area contributed by atoms with Crippen LogP contribution in [0.1, 0.15) is 6.92 Å². The third-order valence-electron chi connectivity index (χ3n) is 1.85. The minimum atomic E-state index is -0.895. The topological polar surface area (TPSA) is 37.3 Å². The van der Waals surface area contributed by atoms with Crippen LogP contribution in [-0.4, -0.2) is 19.1 Å². The summed E-state index contributed by atoms with van der Waals surface area (Å²) < 4.78 is -0.386. The molecule has 72 valence electrons. The molecule has 0 amide bonds. The summed E-state index contributed by atoms with van der Waals surface area (Å²) in [6.07, 6.45) is 3.36. The van der Waals surface area contributed by atoms with Crippen LogP contribution in [0.25, 0.3) is 0 Å². The molecule has 1 unspecified atom stereocenters. The molecule has 1 N–H and O–H groups in total. The van der Waals surface area contributed by atoms with E-state index in [9.17, 15) is 4.79 Å². The van der Waals surface area contributed by atoms with Crippen LogP contribution in [0.4, 0.5) is 0 Å². The first-order valence-corrected chi connectivity index (χ1v) is 6.01. The van der Waals surface area contributed by atoms with Gasteiger partial charge in [-0.2, -0.15) is 0 Å². The summed E-state index contributed by atoms with van der Waals surface area (Å²) in [6, 6.07) is 0. The monoisotopic (exact) mass is 372 g/mol. The number of carboxylic acids is 1. The van der Waals surface area contributed by atoms with Gasteiger partial charge in [0.25, 0.3) is 0 Å². The quantitative estimate of drug-likeness (QED) is 0.716. The largest absolute Gasteiger partial charge is 0.478 e. The number of rotatable bonds is 1. The minimum absolute atomic E-state index is 0.0592. The number of allylic oxidation sites excluding steroid dienone is 2. The molecule has 1 aliphatic carbocycles. The van der Waals surface area contributed by atoms with Crippen molar-refractivity contribution in [2.24, 2.45) is 0 Å². The van der Waals surface area contributed by atoms with Crippen LogP contribution in [0.2, 0.25) is 0 Å². The number of alkyl halides is 3. The number of carboxylic acid groups (broad SMARTS) is 1. The summed E-state index contributed by atoms with van der Waals surface area (Å²) in [4.78, 5) is 10.7. The van der Waals surface area contributed by atoms with Crippen molar-refractivity contribution in [2.45, 2.75) is 15.0 Å². The van der Waals surface area contributed by atoms with Crippen molar-refractivity contribution in [1.82, 2.24) is 0 Å². The average Bonchev–Trinajstić information content (AvgIpc) is 2.00. The molecule has 0 bridgehead atoms. The molecule has 1 atom stereocenters. The second-order valence-electron chi connectivity index (χ2n) is 2.77. The third kappa shape index (κ3) is 2.25. The molecular formula is C8H7Br3O2. The first-order valence-electron chi connectivity index (χ1n) is 3.51. The van der Waals surface area contributed by atoms with Gasteiger partial charge < -0.3 is 5.11 Å². The Balaban J connectivity index is 3.11. The van der Waals surface area contributed by atoms with E-state index in [2.05, 4.69) is 47.8 Å². The Morgan fingerprint density at radius 3 is 2.62 bits per heavy atom. The molecule has 0 heterocycles. The summed E-state index contributed by atoms with van der Waals surface area (Å²) in [5.41, 5.74) is 1.14. The highest BCUT2D eigenvalue weighted by atomic mass is 79.9. The van der Waals surface area contributed by atoms with Gasteiger partial charge in [0, 0.05) is 0 Å². The Bertz CT molecular complexity index is 305. The summed E-state index contributed by atoms with van der Waals surface area (Å²) in [5.74, 6) is -0.895. The van der Waals surface area contributed by atoms with Crippen LogP contribution in [0.5, 0.6) is 0 Å². The Labute approximate surface area is 101 Å². The fourth-order valence-corrected chi connectivity index (χ4v) is 2.43. The van der Waals surface area contributed by atoms with Crippen molar-refractivity contribution < 1.29 is 9.90 Å². The number of carbonyl (C=O) groups is 1. The van der Waals surface area contributed by atoms with Crippen LogP contribution >= 0.6 is 47.8 Å². The van der Waals surface area contributed by atoms with Gasteiger partial charge in [0.1, 0.15) is 3.23 Å². The first-order chi connectivity index (χ1) is 5.86. The van der Waals surface area contributed by atoms with Gasteiger partial charge in [-0.05, 0) is 18.6 Å². The van der Waals surface area contributed by atoms with E-state index in [0.29, 0.717) is 5.57 Å². The predicted octanol–water partition coefficient (Wildman–Crippen LogP) is 3.21. The normalized spacial score (nSPS) is 26.3. The molecule has 5 heteroatoms. The number of aliphatic carboxylic acids is 1. The molecule has 2 nitrogen and oxygen atoms in total. The van der Waals surface area contributed by atoms with E-state index < -0.39 is 5.97 Å². The van der Waals surface area contributed by atoms with Gasteiger partial charge in [-0.25, -0.2) is 4.79 Å². The van der Waals surface area contributed by atoms with Crippen molar-refractivity contribution in [1.29, 1.82) is 0 Å². The van der Waals surface area contributed by atoms with E-state index in [1.165, 1.54) is 0 Å². The lowest BCUT2D eigenvalue weighted by atomic mass is 9.99. The van der Waals surface area contributed by atoms with E-state index in [1.807, 2.05) is 0 Å². The Morgan fingerprint density at radius 1 is 1.62 bits per heavy atom. The van der Waals surface area contributed by atoms with Crippen LogP contribution in [-0.2, 0) is 4.79 Å². The van der Waals surface area contributed by atoms with Crippen LogP contribution < -0.4 is 0 Å². The van der Waals surface area contributed by atoms with Crippen molar-refractivity contribution in [3.05, 3.63) is 23.3 Å². The van der Waals surface area contributed by atoms with E-state index in [-0.39, 0.29) is 8.06 Å². The molecule has 0 spiro atoms. The standard InChI is InChI=1S/C8H7Br3O2/c1-4-5(7(12)13)2-3-8(10,11)6(4)9/h2-3,6H,1H3,(H,12,13). The summed E-state index contributed by atoms with van der Waals surface area (Å²) >= 11 is 10.3. The Hall–Kier alpha value is 0.390. The highest BCUT2D eigenvalue weighted by Crippen LogP contribution is 2.43. The Kier molecular flexibility index (Phi) is 3.41. The molecule has 13 heavy (non-hydrogen) atoms. The summed E-state index contributed by atoms with van der Waals surface area (Å²) in [6.45, 7) is 1.80. The Morgan fingerprint density at radius 2 is 2.15 bits per heavy atom. The third-order valence-corrected chi connectivity index (χ3v) is 5.93. The molecule has 0 aromatic carbocycles. The lowest BCUT2D eigenvalue weighted by molar-refractivity contribution is -0.132. The molecule has 0 aliphatic heterocycles. The van der Waals surface area contributed by atoms with Gasteiger partial charge in [-0.3, -0.25) is 0 Å². The zero-order chi connectivity index (χ0) is 10.2. The van der Waals surface area contributed by atoms with Crippen molar-refractivity contribution in [3.8, 4) is 0 Å². The van der Waals surface area contributed by atoms with Crippen LogP contribution in [0.3, 0.4) is 0 Å². The predicted molar refractivity (Wildman–Crippen MR) is 62.8 cm³/mol. The molecule has 0 aromatic heterocycles. The maximum Gasteiger partial charge on any atom is 0.335 e. The maximum absolute atomic E-state index is 10.8. The molecule has 1 rings (SSSR count). The molecule has 0 saturated carbocycles. The van der Waals surface area contributed by atoms with Gasteiger partial charge in [0.2, 0.25) is 0 Å². The zero-order valence-electron chi connectivity index (χ0n) is 6.72. The fourth-order valence-electron chi connectivity index (χ4n) is 1.08. The van der Waals surface area contributed by atoms with Crippen molar-refractivity contribution in [3.63, 3.8) is 0 Å². The molecule has 0 fully saturated rings. The smallest absolute Gasteiger partial charge is 0.335 e. The summed E-state index contributed by atoms with van der Waals surface area (Å²) in [5, 5.41) is 8.84. The van der Waals surface area contributed by atoms with E-state index in [0.717, 1.165) is 5.57 Å². The molecule has 1 aliphatic rings. The highest BCUT2D eigenvalue weighted by molar-refractivity contribution is 9.26. The molecule has 0 radical (unpaired) electrons. The molecule has 0 aromatic rings. The lowest BCUT2D eigenvalue weighted by Gasteiger charge is -2.28. The SMILES string of the molecule is CC1=C(C(=O)O)C=CC(Br)(Br)C1Br. The van der Waals surface area contributed by atoms with E-state index in [4.69, 9.17) is 5.11 Å². The number of hydrogen-bond acceptors (Lipinski definition) is 1. The number of halogens is 3. The van der Waals surface area contributed by atoms with Crippen molar-refractivity contribution >= 4 is 53.8 Å². The van der Waals surface area contributed by atoms with Crippen molar-refractivity contribution in [2.75, 3.05) is 0 Å².